The van der Waals surface area contributed by atoms with E-state index in [2.05, 4.69) is 10.6 Å². The largest absolute Gasteiger partial charge is 0.483 e. The van der Waals surface area contributed by atoms with Crippen molar-refractivity contribution in [3.63, 3.8) is 0 Å². The number of hydrogen-bond acceptors (Lipinski definition) is 6. The molecular formula is C23H20Cl2N2O5S. The van der Waals surface area contributed by atoms with E-state index in [9.17, 15) is 14.4 Å². The first-order valence-corrected chi connectivity index (χ1v) is 11.2. The molecule has 0 radical (unpaired) electrons. The van der Waals surface area contributed by atoms with Crippen molar-refractivity contribution in [2.24, 2.45) is 0 Å². The smallest absolute Gasteiger partial charge is 0.341 e. The molecule has 1 aromatic heterocycles. The van der Waals surface area contributed by atoms with Gasteiger partial charge in [-0.15, -0.1) is 11.3 Å². The Bertz CT molecular complexity index is 1230. The van der Waals surface area contributed by atoms with E-state index in [1.807, 2.05) is 6.92 Å². The first kappa shape index (κ1) is 24.6. The average Bonchev–Trinajstić information content (AvgIpc) is 3.08. The minimum Gasteiger partial charge on any atom is -0.483 e. The molecular weight excluding hydrogens is 487 g/mol. The molecule has 7 nitrogen and oxygen atoms in total. The molecule has 2 amide bonds. The van der Waals surface area contributed by atoms with E-state index in [1.54, 1.807) is 49.4 Å². The number of amides is 2. The number of ether oxygens (including phenoxy) is 2. The average molecular weight is 507 g/mol. The van der Waals surface area contributed by atoms with Crippen LogP contribution in [-0.2, 0) is 9.53 Å². The normalized spacial score (nSPS) is 10.5. The zero-order chi connectivity index (χ0) is 24.1. The summed E-state index contributed by atoms with van der Waals surface area (Å²) in [4.78, 5) is 38.0. The maximum absolute atomic E-state index is 12.8. The predicted molar refractivity (Wildman–Crippen MR) is 130 cm³/mol. The molecule has 0 saturated carbocycles. The van der Waals surface area contributed by atoms with Gasteiger partial charge in [-0.25, -0.2) is 4.79 Å². The van der Waals surface area contributed by atoms with E-state index in [1.165, 1.54) is 7.11 Å². The lowest BCUT2D eigenvalue weighted by molar-refractivity contribution is -0.118. The number of benzene rings is 2. The van der Waals surface area contributed by atoms with Crippen LogP contribution in [0.2, 0.25) is 10.0 Å². The van der Waals surface area contributed by atoms with Crippen molar-refractivity contribution in [3.05, 3.63) is 74.1 Å². The summed E-state index contributed by atoms with van der Waals surface area (Å²) >= 11 is 12.9. The van der Waals surface area contributed by atoms with Crippen LogP contribution in [0, 0.1) is 13.8 Å². The van der Waals surface area contributed by atoms with Crippen LogP contribution >= 0.6 is 34.5 Å². The van der Waals surface area contributed by atoms with Crippen LogP contribution < -0.4 is 15.4 Å². The highest BCUT2D eigenvalue weighted by Crippen LogP contribution is 2.34. The lowest BCUT2D eigenvalue weighted by Gasteiger charge is -2.10. The molecule has 3 rings (SSSR count). The van der Waals surface area contributed by atoms with Gasteiger partial charge in [0.15, 0.2) is 6.61 Å². The molecule has 0 bridgehead atoms. The Balaban J connectivity index is 1.79. The standard InChI is InChI=1S/C23H20Cl2N2O5S/c1-12-9-15(25)7-8-17(12)32-11-18(28)27-22-19(23(30)31-3)13(2)20(33-22)21(29)26-16-6-4-5-14(24)10-16/h4-10H,11H2,1-3H3,(H,26,29)(H,27,28). The Morgan fingerprint density at radius 2 is 1.73 bits per heavy atom. The van der Waals surface area contributed by atoms with Gasteiger partial charge in [-0.2, -0.15) is 0 Å². The number of anilines is 2. The third-order valence-corrected chi connectivity index (χ3v) is 6.25. The van der Waals surface area contributed by atoms with Crippen LogP contribution in [0.25, 0.3) is 0 Å². The fourth-order valence-electron chi connectivity index (χ4n) is 3.00. The highest BCUT2D eigenvalue weighted by molar-refractivity contribution is 7.19. The summed E-state index contributed by atoms with van der Waals surface area (Å²) < 4.78 is 10.4. The monoisotopic (exact) mass is 506 g/mol. The maximum atomic E-state index is 12.8. The van der Waals surface area contributed by atoms with E-state index >= 15 is 0 Å². The number of esters is 1. The third-order valence-electron chi connectivity index (χ3n) is 4.57. The van der Waals surface area contributed by atoms with E-state index in [-0.39, 0.29) is 22.0 Å². The molecule has 2 aromatic carbocycles. The van der Waals surface area contributed by atoms with E-state index < -0.39 is 17.8 Å². The molecule has 0 aliphatic rings. The topological polar surface area (TPSA) is 93.7 Å². The van der Waals surface area contributed by atoms with Crippen molar-refractivity contribution in [2.45, 2.75) is 13.8 Å². The molecule has 0 fully saturated rings. The molecule has 33 heavy (non-hydrogen) atoms. The second-order valence-electron chi connectivity index (χ2n) is 6.96. The minimum absolute atomic E-state index is 0.106. The van der Waals surface area contributed by atoms with Crippen molar-refractivity contribution >= 4 is 63.0 Å². The Hall–Kier alpha value is -3.07. The first-order chi connectivity index (χ1) is 15.7. The maximum Gasteiger partial charge on any atom is 0.341 e. The van der Waals surface area contributed by atoms with Crippen LogP contribution in [0.5, 0.6) is 5.75 Å². The van der Waals surface area contributed by atoms with Gasteiger partial charge in [0, 0.05) is 15.7 Å². The number of methoxy groups -OCH3 is 1. The number of thiophene rings is 1. The highest BCUT2D eigenvalue weighted by atomic mass is 35.5. The van der Waals surface area contributed by atoms with Gasteiger partial charge in [-0.3, -0.25) is 9.59 Å². The van der Waals surface area contributed by atoms with Crippen LogP contribution in [0.1, 0.15) is 31.2 Å². The van der Waals surface area contributed by atoms with Gasteiger partial charge in [0.1, 0.15) is 10.8 Å². The second-order valence-corrected chi connectivity index (χ2v) is 8.86. The lowest BCUT2D eigenvalue weighted by Crippen LogP contribution is -2.21. The first-order valence-electron chi connectivity index (χ1n) is 9.67. The number of nitrogens with one attached hydrogen (secondary N) is 2. The Morgan fingerprint density at radius 3 is 2.39 bits per heavy atom. The number of rotatable bonds is 7. The summed E-state index contributed by atoms with van der Waals surface area (Å²) in [6, 6.07) is 11.7. The molecule has 1 heterocycles. The summed E-state index contributed by atoms with van der Waals surface area (Å²) in [5, 5.41) is 6.60. The molecule has 0 spiro atoms. The van der Waals surface area contributed by atoms with E-state index in [4.69, 9.17) is 32.7 Å². The Kier molecular flexibility index (Phi) is 7.97. The number of halogens is 2. The van der Waals surface area contributed by atoms with E-state index in [0.717, 1.165) is 16.9 Å². The molecule has 0 atom stereocenters. The van der Waals surface area contributed by atoms with Crippen molar-refractivity contribution in [1.82, 2.24) is 0 Å². The number of aryl methyl sites for hydroxylation is 1. The summed E-state index contributed by atoms with van der Waals surface area (Å²) in [5.74, 6) is -1.11. The van der Waals surface area contributed by atoms with Crippen LogP contribution in [0.4, 0.5) is 10.7 Å². The number of carbonyl (C=O) groups is 3. The quantitative estimate of drug-likeness (QED) is 0.399. The van der Waals surface area contributed by atoms with Crippen molar-refractivity contribution in [1.29, 1.82) is 0 Å². The van der Waals surface area contributed by atoms with Gasteiger partial charge >= 0.3 is 5.97 Å². The van der Waals surface area contributed by atoms with Gasteiger partial charge < -0.3 is 20.1 Å². The molecule has 10 heteroatoms. The zero-order valence-electron chi connectivity index (χ0n) is 18.0. The van der Waals surface area contributed by atoms with Crippen LogP contribution in [0.3, 0.4) is 0 Å². The molecule has 0 saturated heterocycles. The summed E-state index contributed by atoms with van der Waals surface area (Å²) in [6.07, 6.45) is 0. The fourth-order valence-corrected chi connectivity index (χ4v) is 4.52. The predicted octanol–water partition coefficient (Wildman–Crippen LogP) is 5.73. The summed E-state index contributed by atoms with van der Waals surface area (Å²) in [5.41, 5.74) is 1.76. The molecule has 0 unspecified atom stereocenters. The Labute approximate surface area is 204 Å². The minimum atomic E-state index is -0.671. The molecule has 2 N–H and O–H groups in total. The van der Waals surface area contributed by atoms with Crippen LogP contribution in [0.15, 0.2) is 42.5 Å². The molecule has 0 aliphatic carbocycles. The SMILES string of the molecule is COC(=O)c1c(NC(=O)COc2ccc(Cl)cc2C)sc(C(=O)Nc2cccc(Cl)c2)c1C. The zero-order valence-corrected chi connectivity index (χ0v) is 20.3. The lowest BCUT2D eigenvalue weighted by atomic mass is 10.1. The number of hydrogen-bond donors (Lipinski definition) is 2. The van der Waals surface area contributed by atoms with Gasteiger partial charge in [-0.05, 0) is 61.4 Å². The highest BCUT2D eigenvalue weighted by Gasteiger charge is 2.26. The van der Waals surface area contributed by atoms with Crippen molar-refractivity contribution in [2.75, 3.05) is 24.4 Å². The van der Waals surface area contributed by atoms with Crippen LogP contribution in [-0.4, -0.2) is 31.5 Å². The van der Waals surface area contributed by atoms with Gasteiger partial charge in [0.2, 0.25) is 0 Å². The number of carbonyl (C=O) groups excluding carboxylic acids is 3. The van der Waals surface area contributed by atoms with Gasteiger partial charge in [0.25, 0.3) is 11.8 Å². The van der Waals surface area contributed by atoms with Crippen molar-refractivity contribution < 1.29 is 23.9 Å². The van der Waals surface area contributed by atoms with E-state index in [0.29, 0.717) is 27.0 Å². The van der Waals surface area contributed by atoms with Gasteiger partial charge in [0.05, 0.1) is 17.6 Å². The van der Waals surface area contributed by atoms with Crippen molar-refractivity contribution in [3.8, 4) is 5.75 Å². The fraction of sp³-hybridized carbons (Fsp3) is 0.174. The molecule has 0 aliphatic heterocycles. The summed E-state index contributed by atoms with van der Waals surface area (Å²) in [7, 11) is 1.23. The molecule has 172 valence electrons. The third kappa shape index (κ3) is 6.04. The molecule has 3 aromatic rings. The second kappa shape index (κ2) is 10.7. The summed E-state index contributed by atoms with van der Waals surface area (Å²) in [6.45, 7) is 3.12. The Morgan fingerprint density at radius 1 is 1.00 bits per heavy atom. The van der Waals surface area contributed by atoms with Gasteiger partial charge in [-0.1, -0.05) is 29.3 Å².